The van der Waals surface area contributed by atoms with Crippen molar-refractivity contribution < 1.29 is 9.59 Å². The second-order valence-electron chi connectivity index (χ2n) is 6.94. The third-order valence-electron chi connectivity index (χ3n) is 4.30. The topological polar surface area (TPSA) is 70.0 Å². The van der Waals surface area contributed by atoms with E-state index >= 15 is 0 Å². The summed E-state index contributed by atoms with van der Waals surface area (Å²) in [5, 5.41) is 2.90. The Labute approximate surface area is 161 Å². The molecule has 27 heavy (non-hydrogen) atoms. The summed E-state index contributed by atoms with van der Waals surface area (Å²) in [5.74, 6) is -0.118. The number of aromatic nitrogens is 2. The molecule has 2 aromatic rings. The van der Waals surface area contributed by atoms with Gasteiger partial charge in [-0.15, -0.1) is 0 Å². The standard InChI is InChI=1S/C20H31N5O2/c1-5-12-24(13-6-2)20(27)17-16-10-7-8-15-25(16)18(22-17)19(26)21-11-9-14-23(3)4/h7-8,10,15H,5-6,9,11-14H2,1-4H3,(H,21,26). The average molecular weight is 374 g/mol. The molecule has 0 spiro atoms. The molecule has 2 aromatic heterocycles. The third kappa shape index (κ3) is 5.29. The minimum Gasteiger partial charge on any atom is -0.349 e. The second-order valence-corrected chi connectivity index (χ2v) is 6.94. The third-order valence-corrected chi connectivity index (χ3v) is 4.30. The van der Waals surface area contributed by atoms with Crippen LogP contribution in [-0.4, -0.2) is 71.3 Å². The zero-order valence-electron chi connectivity index (χ0n) is 16.9. The number of fused-ring (bicyclic) bond motifs is 1. The molecule has 1 N–H and O–H groups in total. The molecule has 0 fully saturated rings. The average Bonchev–Trinajstić information content (AvgIpc) is 3.04. The molecule has 2 heterocycles. The Morgan fingerprint density at radius 3 is 2.44 bits per heavy atom. The maximum absolute atomic E-state index is 13.0. The summed E-state index contributed by atoms with van der Waals surface area (Å²) in [6.07, 6.45) is 4.40. The number of hydrogen-bond donors (Lipinski definition) is 1. The smallest absolute Gasteiger partial charge is 0.287 e. The van der Waals surface area contributed by atoms with Gasteiger partial charge in [0.1, 0.15) is 0 Å². The zero-order chi connectivity index (χ0) is 19.8. The highest BCUT2D eigenvalue weighted by Crippen LogP contribution is 2.16. The van der Waals surface area contributed by atoms with Gasteiger partial charge in [-0.2, -0.15) is 0 Å². The second kappa shape index (κ2) is 10.1. The Morgan fingerprint density at radius 2 is 1.81 bits per heavy atom. The van der Waals surface area contributed by atoms with Gasteiger partial charge in [0.25, 0.3) is 11.8 Å². The van der Waals surface area contributed by atoms with Crippen molar-refractivity contribution in [2.75, 3.05) is 40.3 Å². The van der Waals surface area contributed by atoms with E-state index in [4.69, 9.17) is 0 Å². The van der Waals surface area contributed by atoms with E-state index in [1.807, 2.05) is 51.0 Å². The number of rotatable bonds is 10. The molecule has 0 unspecified atom stereocenters. The van der Waals surface area contributed by atoms with Gasteiger partial charge in [-0.05, 0) is 52.0 Å². The van der Waals surface area contributed by atoms with Gasteiger partial charge in [-0.3, -0.25) is 14.0 Å². The van der Waals surface area contributed by atoms with Gasteiger partial charge in [0.15, 0.2) is 5.69 Å². The molecule has 7 nitrogen and oxygen atoms in total. The van der Waals surface area contributed by atoms with E-state index in [9.17, 15) is 9.59 Å². The van der Waals surface area contributed by atoms with E-state index in [1.165, 1.54) is 0 Å². The summed E-state index contributed by atoms with van der Waals surface area (Å²) in [6.45, 7) is 6.94. The maximum Gasteiger partial charge on any atom is 0.287 e. The minimum absolute atomic E-state index is 0.117. The lowest BCUT2D eigenvalue weighted by Crippen LogP contribution is -2.33. The summed E-state index contributed by atoms with van der Waals surface area (Å²) < 4.78 is 1.70. The number of carbonyl (C=O) groups excluding carboxylic acids is 2. The molecule has 0 saturated carbocycles. The predicted molar refractivity (Wildman–Crippen MR) is 107 cm³/mol. The van der Waals surface area contributed by atoms with Crippen LogP contribution < -0.4 is 5.32 Å². The summed E-state index contributed by atoms with van der Waals surface area (Å²) >= 11 is 0. The van der Waals surface area contributed by atoms with Crippen molar-refractivity contribution in [3.8, 4) is 0 Å². The van der Waals surface area contributed by atoms with Gasteiger partial charge >= 0.3 is 0 Å². The summed E-state index contributed by atoms with van der Waals surface area (Å²) in [4.78, 5) is 34.0. The van der Waals surface area contributed by atoms with Crippen molar-refractivity contribution in [2.45, 2.75) is 33.1 Å². The zero-order valence-corrected chi connectivity index (χ0v) is 16.9. The van der Waals surface area contributed by atoms with Crippen LogP contribution in [0.1, 0.15) is 54.2 Å². The van der Waals surface area contributed by atoms with Crippen LogP contribution in [-0.2, 0) is 0 Å². The normalized spacial score (nSPS) is 11.1. The number of imidazole rings is 1. The first kappa shape index (κ1) is 20.9. The highest BCUT2D eigenvalue weighted by atomic mass is 16.2. The Kier molecular flexibility index (Phi) is 7.79. The first-order valence-electron chi connectivity index (χ1n) is 9.68. The Bertz CT molecular complexity index is 763. The maximum atomic E-state index is 13.0. The molecule has 0 aliphatic heterocycles. The molecule has 0 atom stereocenters. The van der Waals surface area contributed by atoms with Gasteiger partial charge < -0.3 is 15.1 Å². The van der Waals surface area contributed by atoms with Crippen LogP contribution in [0.3, 0.4) is 0 Å². The van der Waals surface area contributed by atoms with Crippen LogP contribution in [0.15, 0.2) is 24.4 Å². The van der Waals surface area contributed by atoms with Crippen molar-refractivity contribution >= 4 is 17.3 Å². The molecule has 0 aromatic carbocycles. The lowest BCUT2D eigenvalue weighted by atomic mass is 10.2. The minimum atomic E-state index is -0.258. The van der Waals surface area contributed by atoms with Crippen LogP contribution >= 0.6 is 0 Å². The molecule has 148 valence electrons. The van der Waals surface area contributed by atoms with Crippen molar-refractivity contribution in [3.05, 3.63) is 35.9 Å². The lowest BCUT2D eigenvalue weighted by molar-refractivity contribution is 0.0752. The van der Waals surface area contributed by atoms with Crippen LogP contribution in [0, 0.1) is 0 Å². The number of amides is 2. The summed E-state index contributed by atoms with van der Waals surface area (Å²) in [6, 6.07) is 5.53. The largest absolute Gasteiger partial charge is 0.349 e. The van der Waals surface area contributed by atoms with Gasteiger partial charge in [-0.25, -0.2) is 4.98 Å². The van der Waals surface area contributed by atoms with Gasteiger partial charge in [-0.1, -0.05) is 19.9 Å². The Morgan fingerprint density at radius 1 is 1.11 bits per heavy atom. The highest BCUT2D eigenvalue weighted by Gasteiger charge is 2.24. The Balaban J connectivity index is 2.26. The first-order valence-corrected chi connectivity index (χ1v) is 9.68. The van der Waals surface area contributed by atoms with E-state index in [2.05, 4.69) is 15.2 Å². The van der Waals surface area contributed by atoms with Gasteiger partial charge in [0.2, 0.25) is 5.82 Å². The van der Waals surface area contributed by atoms with Gasteiger partial charge in [0, 0.05) is 25.8 Å². The fraction of sp³-hybridized carbons (Fsp3) is 0.550. The van der Waals surface area contributed by atoms with Crippen molar-refractivity contribution in [1.29, 1.82) is 0 Å². The van der Waals surface area contributed by atoms with Crippen LogP contribution in [0.5, 0.6) is 0 Å². The van der Waals surface area contributed by atoms with E-state index in [0.717, 1.165) is 25.8 Å². The van der Waals surface area contributed by atoms with Crippen molar-refractivity contribution in [1.82, 2.24) is 24.5 Å². The van der Waals surface area contributed by atoms with Crippen molar-refractivity contribution in [3.63, 3.8) is 0 Å². The van der Waals surface area contributed by atoms with Crippen LogP contribution in [0.2, 0.25) is 0 Å². The van der Waals surface area contributed by atoms with Crippen molar-refractivity contribution in [2.24, 2.45) is 0 Å². The van der Waals surface area contributed by atoms with E-state index in [0.29, 0.717) is 30.8 Å². The molecule has 7 heteroatoms. The Hall–Kier alpha value is -2.41. The molecule has 0 aliphatic carbocycles. The highest BCUT2D eigenvalue weighted by molar-refractivity contribution is 6.02. The van der Waals surface area contributed by atoms with E-state index in [1.54, 1.807) is 10.6 Å². The molecule has 0 radical (unpaired) electrons. The lowest BCUT2D eigenvalue weighted by Gasteiger charge is -2.20. The molecule has 2 amide bonds. The summed E-state index contributed by atoms with van der Waals surface area (Å²) in [5.41, 5.74) is 1.01. The molecular formula is C20H31N5O2. The molecule has 2 rings (SSSR count). The fourth-order valence-electron chi connectivity index (χ4n) is 3.04. The fourth-order valence-corrected chi connectivity index (χ4v) is 3.04. The molecular weight excluding hydrogens is 342 g/mol. The number of nitrogens with zero attached hydrogens (tertiary/aromatic N) is 4. The first-order chi connectivity index (χ1) is 13.0. The van der Waals surface area contributed by atoms with Gasteiger partial charge in [0.05, 0.1) is 5.52 Å². The number of hydrogen-bond acceptors (Lipinski definition) is 4. The predicted octanol–water partition coefficient (Wildman–Crippen LogP) is 2.28. The quantitative estimate of drug-likeness (QED) is 0.649. The van der Waals surface area contributed by atoms with E-state index in [-0.39, 0.29) is 17.6 Å². The molecule has 0 bridgehead atoms. The van der Waals surface area contributed by atoms with Crippen LogP contribution in [0.25, 0.3) is 5.52 Å². The van der Waals surface area contributed by atoms with E-state index < -0.39 is 0 Å². The number of pyridine rings is 1. The SMILES string of the molecule is CCCN(CCC)C(=O)c1nc(C(=O)NCCCN(C)C)n2ccccc12. The number of nitrogens with one attached hydrogen (secondary N) is 1. The monoisotopic (exact) mass is 373 g/mol. The number of carbonyl (C=O) groups is 2. The van der Waals surface area contributed by atoms with Crippen LogP contribution in [0.4, 0.5) is 0 Å². The molecule has 0 aliphatic rings. The molecule has 0 saturated heterocycles. The summed E-state index contributed by atoms with van der Waals surface area (Å²) in [7, 11) is 4.00.